The lowest BCUT2D eigenvalue weighted by Crippen LogP contribution is -2.28. The van der Waals surface area contributed by atoms with Crippen molar-refractivity contribution in [3.63, 3.8) is 0 Å². The minimum atomic E-state index is 0.785. The van der Waals surface area contributed by atoms with Crippen LogP contribution in [0.15, 0.2) is 42.7 Å². The Morgan fingerprint density at radius 3 is 2.42 bits per heavy atom. The second-order valence-electron chi connectivity index (χ2n) is 6.47. The maximum atomic E-state index is 5.41. The van der Waals surface area contributed by atoms with Crippen molar-refractivity contribution in [1.29, 1.82) is 0 Å². The Kier molecular flexibility index (Phi) is 5.70. The second-order valence-corrected chi connectivity index (χ2v) is 6.47. The van der Waals surface area contributed by atoms with Gasteiger partial charge in [-0.15, -0.1) is 0 Å². The van der Waals surface area contributed by atoms with E-state index in [-0.39, 0.29) is 0 Å². The molecule has 1 saturated carbocycles. The van der Waals surface area contributed by atoms with E-state index >= 15 is 0 Å². The van der Waals surface area contributed by atoms with Crippen molar-refractivity contribution in [2.45, 2.75) is 25.8 Å². The zero-order valence-corrected chi connectivity index (χ0v) is 14.6. The summed E-state index contributed by atoms with van der Waals surface area (Å²) in [4.78, 5) is 6.67. The van der Waals surface area contributed by atoms with E-state index in [1.54, 1.807) is 14.2 Å². The van der Waals surface area contributed by atoms with Crippen molar-refractivity contribution in [3.8, 4) is 11.5 Å². The summed E-state index contributed by atoms with van der Waals surface area (Å²) in [6.45, 7) is 3.23. The average Bonchev–Trinajstić information content (AvgIpc) is 3.44. The molecular weight excluding hydrogens is 300 g/mol. The van der Waals surface area contributed by atoms with E-state index in [1.807, 2.05) is 18.5 Å². The summed E-state index contributed by atoms with van der Waals surface area (Å²) < 4.78 is 10.7. The molecule has 4 heteroatoms. The highest BCUT2D eigenvalue weighted by Gasteiger charge is 2.24. The van der Waals surface area contributed by atoms with Gasteiger partial charge in [-0.2, -0.15) is 0 Å². The smallest absolute Gasteiger partial charge is 0.160 e. The van der Waals surface area contributed by atoms with Crippen LogP contribution in [0.3, 0.4) is 0 Å². The summed E-state index contributed by atoms with van der Waals surface area (Å²) in [6, 6.07) is 10.4. The number of benzene rings is 1. The minimum absolute atomic E-state index is 0.785. The molecule has 1 heterocycles. The van der Waals surface area contributed by atoms with Gasteiger partial charge in [-0.05, 0) is 60.6 Å². The Labute approximate surface area is 144 Å². The van der Waals surface area contributed by atoms with Crippen molar-refractivity contribution in [2.24, 2.45) is 5.92 Å². The van der Waals surface area contributed by atoms with Crippen LogP contribution in [0.5, 0.6) is 11.5 Å². The molecule has 128 valence electrons. The molecule has 0 amide bonds. The summed E-state index contributed by atoms with van der Waals surface area (Å²) in [5, 5.41) is 0. The van der Waals surface area contributed by atoms with E-state index in [0.29, 0.717) is 0 Å². The molecule has 1 aromatic heterocycles. The van der Waals surface area contributed by atoms with Crippen LogP contribution in [0.2, 0.25) is 0 Å². The summed E-state index contributed by atoms with van der Waals surface area (Å²) >= 11 is 0. The minimum Gasteiger partial charge on any atom is -0.493 e. The van der Waals surface area contributed by atoms with Gasteiger partial charge in [-0.3, -0.25) is 9.88 Å². The van der Waals surface area contributed by atoms with Crippen LogP contribution in [0.1, 0.15) is 24.0 Å². The number of aromatic nitrogens is 1. The largest absolute Gasteiger partial charge is 0.493 e. The first-order chi connectivity index (χ1) is 11.8. The van der Waals surface area contributed by atoms with Gasteiger partial charge in [0.1, 0.15) is 0 Å². The summed E-state index contributed by atoms with van der Waals surface area (Å²) in [5.74, 6) is 2.47. The first-order valence-electron chi connectivity index (χ1n) is 8.60. The molecule has 0 N–H and O–H groups in total. The van der Waals surface area contributed by atoms with Gasteiger partial charge in [0.15, 0.2) is 11.5 Å². The third-order valence-electron chi connectivity index (χ3n) is 4.53. The van der Waals surface area contributed by atoms with Crippen LogP contribution in [-0.4, -0.2) is 37.2 Å². The highest BCUT2D eigenvalue weighted by molar-refractivity contribution is 5.42. The standard InChI is InChI=1S/C20H26N2O2/c1-23-19-6-5-16(13-20(19)24-2)9-12-22(14-17-3-4-17)15-18-7-10-21-11-8-18/h5-8,10-11,13,17H,3-4,9,12,14-15H2,1-2H3. The van der Waals surface area contributed by atoms with E-state index in [9.17, 15) is 0 Å². The van der Waals surface area contributed by atoms with Crippen LogP contribution in [-0.2, 0) is 13.0 Å². The number of hydrogen-bond acceptors (Lipinski definition) is 4. The highest BCUT2D eigenvalue weighted by Crippen LogP contribution is 2.31. The Morgan fingerprint density at radius 1 is 1.00 bits per heavy atom. The number of nitrogens with zero attached hydrogens (tertiary/aromatic N) is 2. The first-order valence-corrected chi connectivity index (χ1v) is 8.60. The lowest BCUT2D eigenvalue weighted by Gasteiger charge is -2.22. The average molecular weight is 326 g/mol. The van der Waals surface area contributed by atoms with E-state index in [1.165, 1.54) is 30.5 Å². The van der Waals surface area contributed by atoms with Gasteiger partial charge < -0.3 is 9.47 Å². The molecule has 0 atom stereocenters. The monoisotopic (exact) mass is 326 g/mol. The molecule has 0 unspecified atom stereocenters. The highest BCUT2D eigenvalue weighted by atomic mass is 16.5. The Morgan fingerprint density at radius 2 is 1.75 bits per heavy atom. The van der Waals surface area contributed by atoms with Gasteiger partial charge in [-0.25, -0.2) is 0 Å². The van der Waals surface area contributed by atoms with Crippen LogP contribution in [0.25, 0.3) is 0 Å². The lowest BCUT2D eigenvalue weighted by atomic mass is 10.1. The number of pyridine rings is 1. The van der Waals surface area contributed by atoms with E-state index in [0.717, 1.165) is 36.9 Å². The molecule has 1 aliphatic rings. The van der Waals surface area contributed by atoms with Gasteiger partial charge in [0, 0.05) is 32.0 Å². The quantitative estimate of drug-likeness (QED) is 0.706. The predicted molar refractivity (Wildman–Crippen MR) is 95.5 cm³/mol. The molecule has 2 aromatic rings. The number of rotatable bonds is 9. The molecule has 0 bridgehead atoms. The summed E-state index contributed by atoms with van der Waals surface area (Å²) in [5.41, 5.74) is 2.61. The molecule has 24 heavy (non-hydrogen) atoms. The molecule has 0 aliphatic heterocycles. The van der Waals surface area contributed by atoms with E-state index < -0.39 is 0 Å². The Balaban J connectivity index is 1.62. The van der Waals surface area contributed by atoms with Crippen LogP contribution in [0, 0.1) is 5.92 Å². The molecule has 3 rings (SSSR count). The zero-order chi connectivity index (χ0) is 16.8. The second kappa shape index (κ2) is 8.15. The van der Waals surface area contributed by atoms with Crippen LogP contribution >= 0.6 is 0 Å². The molecule has 1 aliphatic carbocycles. The van der Waals surface area contributed by atoms with Gasteiger partial charge in [0.2, 0.25) is 0 Å². The fourth-order valence-electron chi connectivity index (χ4n) is 2.97. The fourth-order valence-corrected chi connectivity index (χ4v) is 2.97. The van der Waals surface area contributed by atoms with Crippen molar-refractivity contribution >= 4 is 0 Å². The SMILES string of the molecule is COc1ccc(CCN(Cc2ccncc2)CC2CC2)cc1OC. The molecule has 0 radical (unpaired) electrons. The third-order valence-corrected chi connectivity index (χ3v) is 4.53. The number of ether oxygens (including phenoxy) is 2. The van der Waals surface area contributed by atoms with Gasteiger partial charge in [0.25, 0.3) is 0 Å². The van der Waals surface area contributed by atoms with Gasteiger partial charge >= 0.3 is 0 Å². The van der Waals surface area contributed by atoms with Crippen molar-refractivity contribution in [2.75, 3.05) is 27.3 Å². The summed E-state index contributed by atoms with van der Waals surface area (Å²) in [6.07, 6.45) is 7.52. The van der Waals surface area contributed by atoms with Crippen molar-refractivity contribution < 1.29 is 9.47 Å². The van der Waals surface area contributed by atoms with Crippen molar-refractivity contribution in [1.82, 2.24) is 9.88 Å². The van der Waals surface area contributed by atoms with E-state index in [4.69, 9.17) is 9.47 Å². The molecule has 0 spiro atoms. The van der Waals surface area contributed by atoms with Gasteiger partial charge in [-0.1, -0.05) is 6.07 Å². The third kappa shape index (κ3) is 4.71. The number of methoxy groups -OCH3 is 2. The Hall–Kier alpha value is -2.07. The maximum Gasteiger partial charge on any atom is 0.160 e. The predicted octanol–water partition coefficient (Wildman–Crippen LogP) is 3.55. The summed E-state index contributed by atoms with van der Waals surface area (Å²) in [7, 11) is 3.36. The normalized spacial score (nSPS) is 14.0. The molecular formula is C20H26N2O2. The maximum absolute atomic E-state index is 5.41. The molecule has 1 fully saturated rings. The topological polar surface area (TPSA) is 34.6 Å². The van der Waals surface area contributed by atoms with Crippen LogP contribution < -0.4 is 9.47 Å². The van der Waals surface area contributed by atoms with Crippen LogP contribution in [0.4, 0.5) is 0 Å². The molecule has 4 nitrogen and oxygen atoms in total. The van der Waals surface area contributed by atoms with Gasteiger partial charge in [0.05, 0.1) is 14.2 Å². The molecule has 0 saturated heterocycles. The number of hydrogen-bond donors (Lipinski definition) is 0. The Bertz CT molecular complexity index is 641. The van der Waals surface area contributed by atoms with Crippen molar-refractivity contribution in [3.05, 3.63) is 53.9 Å². The lowest BCUT2D eigenvalue weighted by molar-refractivity contribution is 0.257. The molecule has 1 aromatic carbocycles. The first kappa shape index (κ1) is 16.8. The van der Waals surface area contributed by atoms with E-state index in [2.05, 4.69) is 34.1 Å². The fraction of sp³-hybridized carbons (Fsp3) is 0.450. The zero-order valence-electron chi connectivity index (χ0n) is 14.6.